The highest BCUT2D eigenvalue weighted by molar-refractivity contribution is 7.25. The van der Waals surface area contributed by atoms with Gasteiger partial charge in [-0.2, -0.15) is 0 Å². The zero-order valence-electron chi connectivity index (χ0n) is 32.2. The number of fused-ring (bicyclic) bond motifs is 3. The van der Waals surface area contributed by atoms with Crippen LogP contribution in [0.4, 0.5) is 0 Å². The Morgan fingerprint density at radius 3 is 1.72 bits per heavy atom. The summed E-state index contributed by atoms with van der Waals surface area (Å²) in [5, 5.41) is 2.63. The second-order valence-electron chi connectivity index (χ2n) is 12.0. The first-order valence-electron chi connectivity index (χ1n) is 18.8. The maximum absolute atomic E-state index is 5.66. The lowest BCUT2D eigenvalue weighted by molar-refractivity contribution is 0.643. The lowest BCUT2D eigenvalue weighted by atomic mass is 9.88. The smallest absolute Gasteiger partial charge is 0.146 e. The van der Waals surface area contributed by atoms with Gasteiger partial charge in [-0.15, -0.1) is 11.3 Å². The van der Waals surface area contributed by atoms with Crippen molar-refractivity contribution in [2.45, 2.75) is 94.9 Å². The Kier molecular flexibility index (Phi) is 13.8. The van der Waals surface area contributed by atoms with Crippen LogP contribution in [0, 0.1) is 20.8 Å². The van der Waals surface area contributed by atoms with Crippen LogP contribution in [0.1, 0.15) is 96.4 Å². The molecule has 0 radical (unpaired) electrons. The number of benzene rings is 5. The van der Waals surface area contributed by atoms with Crippen molar-refractivity contribution >= 4 is 31.5 Å². The van der Waals surface area contributed by atoms with Gasteiger partial charge in [0.2, 0.25) is 0 Å². The number of rotatable bonds is 7. The SMILES string of the molecule is CC.CC.CC.CCC(CC)c1cc2sc3ccccc3c2cc1-c1nc(-c2ccccc2)c(-c2ccccc2)n1-c1c(C)cc(C)cc1C. The Morgan fingerprint density at radius 1 is 0.600 bits per heavy atom. The second-order valence-corrected chi connectivity index (χ2v) is 13.1. The molecule has 0 amide bonds. The van der Waals surface area contributed by atoms with Crippen molar-refractivity contribution in [1.82, 2.24) is 9.55 Å². The molecule has 0 aliphatic rings. The van der Waals surface area contributed by atoms with Crippen LogP contribution >= 0.6 is 11.3 Å². The van der Waals surface area contributed by atoms with Gasteiger partial charge in [-0.3, -0.25) is 4.57 Å². The topological polar surface area (TPSA) is 17.8 Å². The lowest BCUT2D eigenvalue weighted by Crippen LogP contribution is -2.07. The molecule has 2 aromatic heterocycles. The second kappa shape index (κ2) is 18.0. The number of imidazole rings is 1. The summed E-state index contributed by atoms with van der Waals surface area (Å²) in [6.07, 6.45) is 2.17. The molecule has 0 aliphatic heterocycles. The van der Waals surface area contributed by atoms with E-state index in [1.807, 2.05) is 52.9 Å². The first-order valence-corrected chi connectivity index (χ1v) is 19.6. The molecule has 0 N–H and O–H groups in total. The van der Waals surface area contributed by atoms with Crippen molar-refractivity contribution in [3.63, 3.8) is 0 Å². The van der Waals surface area contributed by atoms with E-state index in [1.165, 1.54) is 53.7 Å². The van der Waals surface area contributed by atoms with Crippen molar-refractivity contribution in [2.75, 3.05) is 0 Å². The summed E-state index contributed by atoms with van der Waals surface area (Å²) in [5.41, 5.74) is 12.0. The molecule has 2 heterocycles. The molecule has 5 aromatic carbocycles. The average molecular weight is 681 g/mol. The molecule has 3 heteroatoms. The maximum Gasteiger partial charge on any atom is 0.146 e. The molecule has 0 fully saturated rings. The van der Waals surface area contributed by atoms with E-state index >= 15 is 0 Å². The van der Waals surface area contributed by atoms with Crippen LogP contribution in [-0.2, 0) is 0 Å². The van der Waals surface area contributed by atoms with Crippen molar-refractivity contribution in [3.05, 3.63) is 131 Å². The van der Waals surface area contributed by atoms with Crippen LogP contribution in [0.5, 0.6) is 0 Å². The normalized spacial score (nSPS) is 10.6. The van der Waals surface area contributed by atoms with E-state index < -0.39 is 0 Å². The van der Waals surface area contributed by atoms with Crippen LogP contribution in [0.15, 0.2) is 109 Å². The Balaban J connectivity index is 0.000000890. The summed E-state index contributed by atoms with van der Waals surface area (Å²) in [7, 11) is 0. The van der Waals surface area contributed by atoms with Crippen molar-refractivity contribution in [2.24, 2.45) is 0 Å². The highest BCUT2D eigenvalue weighted by Gasteiger charge is 2.27. The van der Waals surface area contributed by atoms with Crippen LogP contribution in [-0.4, -0.2) is 9.55 Å². The number of thiophene rings is 1. The number of hydrogen-bond acceptors (Lipinski definition) is 2. The monoisotopic (exact) mass is 680 g/mol. The third-order valence-corrected chi connectivity index (χ3v) is 10.2. The molecular weight excluding hydrogens is 625 g/mol. The Bertz CT molecular complexity index is 2090. The molecule has 0 bridgehead atoms. The highest BCUT2D eigenvalue weighted by atomic mass is 32.1. The molecule has 260 valence electrons. The standard InChI is InChI=1S/C41H38N2S.3C2H6/c1-6-29(7-2)33-25-37-34(32-20-14-15-21-36(32)44-37)24-35(33)41-42-38(30-16-10-8-11-17-30)40(31-18-12-9-13-19-31)43(41)39-27(4)22-26(3)23-28(39)5;3*1-2/h8-25,29H,6-7H2,1-5H3;3*1-2H3. The molecule has 0 aliphatic carbocycles. The van der Waals surface area contributed by atoms with E-state index in [2.05, 4.69) is 148 Å². The van der Waals surface area contributed by atoms with E-state index in [-0.39, 0.29) is 0 Å². The Hall–Kier alpha value is -4.47. The number of aromatic nitrogens is 2. The minimum atomic E-state index is 0.435. The Morgan fingerprint density at radius 2 is 1.14 bits per heavy atom. The van der Waals surface area contributed by atoms with Gasteiger partial charge >= 0.3 is 0 Å². The van der Waals surface area contributed by atoms with Gasteiger partial charge in [-0.1, -0.05) is 152 Å². The van der Waals surface area contributed by atoms with E-state index in [0.717, 1.165) is 41.2 Å². The first-order chi connectivity index (χ1) is 24.5. The van der Waals surface area contributed by atoms with E-state index in [0.29, 0.717) is 5.92 Å². The largest absolute Gasteiger partial charge is 0.291 e. The van der Waals surface area contributed by atoms with Gasteiger partial charge in [-0.25, -0.2) is 4.98 Å². The summed E-state index contributed by atoms with van der Waals surface area (Å²) in [4.78, 5) is 5.66. The molecule has 0 saturated carbocycles. The first kappa shape index (κ1) is 38.3. The zero-order valence-corrected chi connectivity index (χ0v) is 33.0. The minimum absolute atomic E-state index is 0.435. The summed E-state index contributed by atoms with van der Waals surface area (Å²) in [6.45, 7) is 23.3. The molecule has 0 spiro atoms. The van der Waals surface area contributed by atoms with Crippen molar-refractivity contribution in [3.8, 4) is 39.6 Å². The van der Waals surface area contributed by atoms with Gasteiger partial charge in [0.15, 0.2) is 0 Å². The van der Waals surface area contributed by atoms with Crippen LogP contribution in [0.3, 0.4) is 0 Å². The molecule has 0 unspecified atom stereocenters. The zero-order chi connectivity index (χ0) is 36.4. The van der Waals surface area contributed by atoms with Gasteiger partial charge in [0, 0.05) is 36.9 Å². The van der Waals surface area contributed by atoms with Gasteiger partial charge in [0.05, 0.1) is 17.1 Å². The highest BCUT2D eigenvalue weighted by Crippen LogP contribution is 2.45. The number of aryl methyl sites for hydroxylation is 3. The fourth-order valence-electron chi connectivity index (χ4n) is 7.05. The third-order valence-electron chi connectivity index (χ3n) is 9.05. The lowest BCUT2D eigenvalue weighted by Gasteiger charge is -2.22. The average Bonchev–Trinajstić information content (AvgIpc) is 3.73. The maximum atomic E-state index is 5.66. The molecule has 2 nitrogen and oxygen atoms in total. The van der Waals surface area contributed by atoms with E-state index in [4.69, 9.17) is 4.98 Å². The predicted molar refractivity (Wildman–Crippen MR) is 224 cm³/mol. The fraction of sp³-hybridized carbons (Fsp3) is 0.298. The van der Waals surface area contributed by atoms with E-state index in [9.17, 15) is 0 Å². The molecular formula is C47H56N2S. The van der Waals surface area contributed by atoms with Crippen LogP contribution in [0.2, 0.25) is 0 Å². The fourth-order valence-corrected chi connectivity index (χ4v) is 8.19. The third kappa shape index (κ3) is 7.49. The van der Waals surface area contributed by atoms with Gasteiger partial charge in [0.25, 0.3) is 0 Å². The molecule has 0 atom stereocenters. The number of nitrogens with zero attached hydrogens (tertiary/aromatic N) is 2. The number of hydrogen-bond donors (Lipinski definition) is 0. The summed E-state index contributed by atoms with van der Waals surface area (Å²) < 4.78 is 5.16. The van der Waals surface area contributed by atoms with Crippen LogP contribution in [0.25, 0.3) is 59.8 Å². The predicted octanol–water partition coefficient (Wildman–Crippen LogP) is 15.1. The summed E-state index contributed by atoms with van der Waals surface area (Å²) in [6, 6.07) is 39.9. The summed E-state index contributed by atoms with van der Waals surface area (Å²) in [5.74, 6) is 1.45. The van der Waals surface area contributed by atoms with Gasteiger partial charge in [-0.05, 0) is 74.4 Å². The minimum Gasteiger partial charge on any atom is -0.291 e. The van der Waals surface area contributed by atoms with Crippen LogP contribution < -0.4 is 0 Å². The quantitative estimate of drug-likeness (QED) is 0.164. The van der Waals surface area contributed by atoms with Gasteiger partial charge in [0.1, 0.15) is 5.82 Å². The summed E-state index contributed by atoms with van der Waals surface area (Å²) >= 11 is 1.90. The van der Waals surface area contributed by atoms with Gasteiger partial charge < -0.3 is 0 Å². The van der Waals surface area contributed by atoms with Crippen molar-refractivity contribution < 1.29 is 0 Å². The molecule has 0 saturated heterocycles. The Labute approximate surface area is 305 Å². The van der Waals surface area contributed by atoms with Crippen molar-refractivity contribution in [1.29, 1.82) is 0 Å². The molecule has 7 aromatic rings. The van der Waals surface area contributed by atoms with E-state index in [1.54, 1.807) is 0 Å². The molecule has 7 rings (SSSR count). The molecule has 50 heavy (non-hydrogen) atoms.